The predicted molar refractivity (Wildman–Crippen MR) is 76.8 cm³/mol. The summed E-state index contributed by atoms with van der Waals surface area (Å²) in [5.41, 5.74) is 1.26. The number of aliphatic carboxylic acids is 1. The fourth-order valence-corrected chi connectivity index (χ4v) is 3.83. The Kier molecular flexibility index (Phi) is 5.21. The molecule has 2 rings (SSSR count). The van der Waals surface area contributed by atoms with Gasteiger partial charge in [0.05, 0.1) is 9.70 Å². The monoisotopic (exact) mass is 331 g/mol. The molecule has 1 aromatic rings. The normalized spacial score (nSPS) is 24.1. The largest absolute Gasteiger partial charge is 0.481 e. The molecule has 1 saturated carbocycles. The van der Waals surface area contributed by atoms with Crippen LogP contribution < -0.4 is 5.32 Å². The van der Waals surface area contributed by atoms with Crippen molar-refractivity contribution in [1.82, 2.24) is 5.32 Å². The number of carbonyl (C=O) groups is 1. The lowest BCUT2D eigenvalue weighted by molar-refractivity contribution is -0.144. The molecule has 18 heavy (non-hydrogen) atoms. The highest BCUT2D eigenvalue weighted by Crippen LogP contribution is 2.30. The third-order valence-electron chi connectivity index (χ3n) is 3.58. The summed E-state index contributed by atoms with van der Waals surface area (Å²) >= 11 is 5.12. The van der Waals surface area contributed by atoms with E-state index in [4.69, 9.17) is 0 Å². The molecule has 0 bridgehead atoms. The Bertz CT molecular complexity index is 407. The fraction of sp³-hybridized carbons (Fsp3) is 0.615. The standard InChI is InChI=1S/C13H18BrNO2S/c14-12-5-9(8-18-12)6-15-7-10-3-1-2-4-11(10)13(16)17/h5,8,10-11,15H,1-4,6-7H2,(H,16,17). The number of halogens is 1. The Balaban J connectivity index is 1.79. The first-order valence-electron chi connectivity index (χ1n) is 6.33. The van der Waals surface area contributed by atoms with Gasteiger partial charge in [-0.2, -0.15) is 0 Å². The van der Waals surface area contributed by atoms with Crippen LogP contribution in [0.1, 0.15) is 31.2 Å². The maximum absolute atomic E-state index is 11.2. The van der Waals surface area contributed by atoms with Gasteiger partial charge in [-0.05, 0) is 58.2 Å². The minimum absolute atomic E-state index is 0.152. The topological polar surface area (TPSA) is 49.3 Å². The van der Waals surface area contributed by atoms with E-state index in [1.165, 1.54) is 12.0 Å². The summed E-state index contributed by atoms with van der Waals surface area (Å²) < 4.78 is 1.14. The van der Waals surface area contributed by atoms with Gasteiger partial charge in [0.1, 0.15) is 0 Å². The molecule has 2 unspecified atom stereocenters. The molecule has 0 aromatic carbocycles. The molecular formula is C13H18BrNO2S. The van der Waals surface area contributed by atoms with Crippen LogP contribution in [-0.2, 0) is 11.3 Å². The van der Waals surface area contributed by atoms with E-state index in [0.29, 0.717) is 5.92 Å². The summed E-state index contributed by atoms with van der Waals surface area (Å²) in [5.74, 6) is -0.487. The minimum atomic E-state index is -0.625. The van der Waals surface area contributed by atoms with E-state index in [1.54, 1.807) is 11.3 Å². The van der Waals surface area contributed by atoms with Crippen molar-refractivity contribution in [1.29, 1.82) is 0 Å². The molecule has 0 radical (unpaired) electrons. The third kappa shape index (κ3) is 3.80. The first kappa shape index (κ1) is 14.0. The average Bonchev–Trinajstić information content (AvgIpc) is 2.75. The lowest BCUT2D eigenvalue weighted by atomic mass is 9.79. The molecule has 2 atom stereocenters. The Morgan fingerprint density at radius 2 is 2.28 bits per heavy atom. The van der Waals surface area contributed by atoms with Crippen molar-refractivity contribution >= 4 is 33.2 Å². The Morgan fingerprint density at radius 3 is 2.94 bits per heavy atom. The summed E-state index contributed by atoms with van der Waals surface area (Å²) in [4.78, 5) is 11.2. The molecule has 1 aliphatic rings. The van der Waals surface area contributed by atoms with Crippen LogP contribution in [0, 0.1) is 11.8 Å². The van der Waals surface area contributed by atoms with E-state index in [0.717, 1.165) is 36.1 Å². The molecule has 1 fully saturated rings. The maximum Gasteiger partial charge on any atom is 0.306 e. The summed E-state index contributed by atoms with van der Waals surface area (Å²) in [6, 6.07) is 2.10. The number of thiophene rings is 1. The van der Waals surface area contributed by atoms with Gasteiger partial charge in [0, 0.05) is 6.54 Å². The van der Waals surface area contributed by atoms with Crippen molar-refractivity contribution in [3.8, 4) is 0 Å². The van der Waals surface area contributed by atoms with E-state index in [-0.39, 0.29) is 5.92 Å². The van der Waals surface area contributed by atoms with Gasteiger partial charge in [-0.15, -0.1) is 11.3 Å². The maximum atomic E-state index is 11.2. The molecule has 100 valence electrons. The molecule has 0 saturated heterocycles. The van der Waals surface area contributed by atoms with Crippen LogP contribution in [0.25, 0.3) is 0 Å². The smallest absolute Gasteiger partial charge is 0.306 e. The quantitative estimate of drug-likeness (QED) is 0.868. The zero-order valence-corrected chi connectivity index (χ0v) is 12.6. The molecule has 0 spiro atoms. The lowest BCUT2D eigenvalue weighted by Crippen LogP contribution is -2.34. The molecular weight excluding hydrogens is 314 g/mol. The highest BCUT2D eigenvalue weighted by molar-refractivity contribution is 9.11. The minimum Gasteiger partial charge on any atom is -0.481 e. The summed E-state index contributed by atoms with van der Waals surface area (Å²) in [5, 5.41) is 14.7. The number of carboxylic acid groups (broad SMARTS) is 1. The highest BCUT2D eigenvalue weighted by Gasteiger charge is 2.30. The van der Waals surface area contributed by atoms with E-state index in [2.05, 4.69) is 32.7 Å². The first-order chi connectivity index (χ1) is 8.66. The van der Waals surface area contributed by atoms with Gasteiger partial charge in [-0.25, -0.2) is 0 Å². The summed E-state index contributed by atoms with van der Waals surface area (Å²) in [7, 11) is 0. The Hall–Kier alpha value is -0.390. The van der Waals surface area contributed by atoms with Crippen LogP contribution in [0.2, 0.25) is 0 Å². The van der Waals surface area contributed by atoms with Crippen molar-refractivity contribution in [3.05, 3.63) is 20.8 Å². The second kappa shape index (κ2) is 6.68. The fourth-order valence-electron chi connectivity index (χ4n) is 2.62. The van der Waals surface area contributed by atoms with Crippen LogP contribution in [0.5, 0.6) is 0 Å². The molecule has 1 aliphatic carbocycles. The number of carboxylic acids is 1. The van der Waals surface area contributed by atoms with Crippen LogP contribution in [0.15, 0.2) is 15.2 Å². The number of hydrogen-bond donors (Lipinski definition) is 2. The zero-order valence-electron chi connectivity index (χ0n) is 10.2. The third-order valence-corrected chi connectivity index (χ3v) is 5.14. The molecule has 0 amide bonds. The number of nitrogens with one attached hydrogen (secondary N) is 1. The molecule has 1 aromatic heterocycles. The predicted octanol–water partition coefficient (Wildman–Crippen LogP) is 3.49. The van der Waals surface area contributed by atoms with Gasteiger partial charge in [0.2, 0.25) is 0 Å². The van der Waals surface area contributed by atoms with Gasteiger partial charge in [0.25, 0.3) is 0 Å². The van der Waals surface area contributed by atoms with Crippen molar-refractivity contribution in [2.75, 3.05) is 6.54 Å². The second-order valence-corrected chi connectivity index (χ2v) is 7.17. The summed E-state index contributed by atoms with van der Waals surface area (Å²) in [6.07, 6.45) is 4.11. The molecule has 5 heteroatoms. The highest BCUT2D eigenvalue weighted by atomic mass is 79.9. The molecule has 2 N–H and O–H groups in total. The van der Waals surface area contributed by atoms with Crippen LogP contribution >= 0.6 is 27.3 Å². The molecule has 0 aliphatic heterocycles. The SMILES string of the molecule is O=C(O)C1CCCCC1CNCc1csc(Br)c1. The Morgan fingerprint density at radius 1 is 1.50 bits per heavy atom. The zero-order chi connectivity index (χ0) is 13.0. The van der Waals surface area contributed by atoms with Gasteiger partial charge >= 0.3 is 5.97 Å². The first-order valence-corrected chi connectivity index (χ1v) is 8.00. The lowest BCUT2D eigenvalue weighted by Gasteiger charge is -2.28. The van der Waals surface area contributed by atoms with Crippen LogP contribution in [0.4, 0.5) is 0 Å². The number of hydrogen-bond acceptors (Lipinski definition) is 3. The van der Waals surface area contributed by atoms with Crippen molar-refractivity contribution in [2.45, 2.75) is 32.2 Å². The number of rotatable bonds is 5. The molecule has 1 heterocycles. The van der Waals surface area contributed by atoms with Crippen molar-refractivity contribution in [2.24, 2.45) is 11.8 Å². The average molecular weight is 332 g/mol. The van der Waals surface area contributed by atoms with E-state index in [9.17, 15) is 9.90 Å². The van der Waals surface area contributed by atoms with Gasteiger partial charge in [-0.3, -0.25) is 4.79 Å². The van der Waals surface area contributed by atoms with Gasteiger partial charge in [-0.1, -0.05) is 12.8 Å². The molecule has 3 nitrogen and oxygen atoms in total. The Labute approximate surface area is 120 Å². The van der Waals surface area contributed by atoms with Gasteiger partial charge in [0.15, 0.2) is 0 Å². The summed E-state index contributed by atoms with van der Waals surface area (Å²) in [6.45, 7) is 1.63. The van der Waals surface area contributed by atoms with Gasteiger partial charge < -0.3 is 10.4 Å². The van der Waals surface area contributed by atoms with Crippen molar-refractivity contribution < 1.29 is 9.90 Å². The van der Waals surface area contributed by atoms with Crippen molar-refractivity contribution in [3.63, 3.8) is 0 Å². The van der Waals surface area contributed by atoms with E-state index < -0.39 is 5.97 Å². The second-order valence-electron chi connectivity index (χ2n) is 4.88. The van der Waals surface area contributed by atoms with E-state index >= 15 is 0 Å². The van der Waals surface area contributed by atoms with Crippen LogP contribution in [-0.4, -0.2) is 17.6 Å². The van der Waals surface area contributed by atoms with E-state index in [1.807, 2.05) is 0 Å². The van der Waals surface area contributed by atoms with Crippen LogP contribution in [0.3, 0.4) is 0 Å².